The molecule has 1 aromatic rings. The maximum atomic E-state index is 11.7. The Balaban J connectivity index is 2.61. The van der Waals surface area contributed by atoms with E-state index >= 15 is 0 Å². The van der Waals surface area contributed by atoms with Gasteiger partial charge >= 0.3 is 5.97 Å². The van der Waals surface area contributed by atoms with Crippen molar-refractivity contribution < 1.29 is 24.5 Å². The molecular weight excluding hydrogens is 264 g/mol. The molecule has 0 fully saturated rings. The highest BCUT2D eigenvalue weighted by Crippen LogP contribution is 2.13. The van der Waals surface area contributed by atoms with E-state index < -0.39 is 30.6 Å². The molecule has 7 heteroatoms. The first-order valence-electron chi connectivity index (χ1n) is 5.78. The second-order valence-electron chi connectivity index (χ2n) is 3.98. The normalized spacial score (nSPS) is 12.8. The summed E-state index contributed by atoms with van der Waals surface area (Å²) in [6, 6.07) is 6.71. The third-order valence-corrected chi connectivity index (χ3v) is 2.46. The summed E-state index contributed by atoms with van der Waals surface area (Å²) >= 11 is 0. The van der Waals surface area contributed by atoms with Crippen LogP contribution >= 0.6 is 0 Å². The summed E-state index contributed by atoms with van der Waals surface area (Å²) in [5.41, 5.74) is 0.459. The van der Waals surface area contributed by atoms with Crippen LogP contribution in [-0.2, 0) is 9.59 Å². The minimum atomic E-state index is -1.37. The van der Waals surface area contributed by atoms with Crippen LogP contribution < -0.4 is 10.1 Å². The molecule has 0 saturated heterocycles. The summed E-state index contributed by atoms with van der Waals surface area (Å²) in [4.78, 5) is 22.4. The Kier molecular flexibility index (Phi) is 5.50. The summed E-state index contributed by atoms with van der Waals surface area (Å²) in [5, 5.41) is 28.3. The van der Waals surface area contributed by atoms with E-state index in [1.807, 2.05) is 6.07 Å². The predicted molar refractivity (Wildman–Crippen MR) is 67.9 cm³/mol. The minimum absolute atomic E-state index is 0.377. The van der Waals surface area contributed by atoms with Crippen molar-refractivity contribution in [2.75, 3.05) is 6.61 Å². The zero-order valence-electron chi connectivity index (χ0n) is 10.7. The van der Waals surface area contributed by atoms with Crippen molar-refractivity contribution in [1.82, 2.24) is 5.32 Å². The van der Waals surface area contributed by atoms with Gasteiger partial charge in [-0.1, -0.05) is 0 Å². The largest absolute Gasteiger partial charge is 0.481 e. The van der Waals surface area contributed by atoms with Gasteiger partial charge in [-0.25, -0.2) is 4.79 Å². The molecule has 0 saturated carbocycles. The number of nitriles is 1. The topological polar surface area (TPSA) is 120 Å². The number of hydrogen-bond donors (Lipinski definition) is 3. The lowest BCUT2D eigenvalue weighted by molar-refractivity contribution is -0.144. The molecule has 7 nitrogen and oxygen atoms in total. The van der Waals surface area contributed by atoms with Gasteiger partial charge in [0.1, 0.15) is 11.8 Å². The molecule has 1 amide bonds. The maximum Gasteiger partial charge on any atom is 0.328 e. The number of benzene rings is 1. The highest BCUT2D eigenvalue weighted by Gasteiger charge is 2.23. The number of rotatable bonds is 6. The van der Waals surface area contributed by atoms with Gasteiger partial charge in [-0.2, -0.15) is 5.26 Å². The Morgan fingerprint density at radius 3 is 2.45 bits per heavy atom. The molecule has 0 aromatic heterocycles. The first-order valence-corrected chi connectivity index (χ1v) is 5.78. The monoisotopic (exact) mass is 278 g/mol. The number of aliphatic carboxylic acids is 1. The maximum absolute atomic E-state index is 11.7. The number of aliphatic hydroxyl groups excluding tert-OH is 1. The second-order valence-corrected chi connectivity index (χ2v) is 3.98. The predicted octanol–water partition coefficient (Wildman–Crippen LogP) is -0.113. The lowest BCUT2D eigenvalue weighted by atomic mass is 10.2. The molecule has 0 spiro atoms. The van der Waals surface area contributed by atoms with E-state index in [9.17, 15) is 9.59 Å². The van der Waals surface area contributed by atoms with Crippen molar-refractivity contribution in [3.63, 3.8) is 0 Å². The molecule has 0 bridgehead atoms. The minimum Gasteiger partial charge on any atom is -0.481 e. The first-order chi connectivity index (χ1) is 9.47. The van der Waals surface area contributed by atoms with Crippen LogP contribution in [0, 0.1) is 11.3 Å². The second kappa shape index (κ2) is 7.11. The van der Waals surface area contributed by atoms with E-state index in [2.05, 4.69) is 5.32 Å². The SMILES string of the molecule is CC(Oc1ccc(C#N)cc1)C(=O)N[C@H](CO)C(=O)O. The van der Waals surface area contributed by atoms with Crippen LogP contribution in [0.25, 0.3) is 0 Å². The molecule has 2 atom stereocenters. The Labute approximate surface area is 115 Å². The molecule has 0 radical (unpaired) electrons. The Hall–Kier alpha value is -2.59. The van der Waals surface area contributed by atoms with Crippen LogP contribution in [-0.4, -0.2) is 40.8 Å². The lowest BCUT2D eigenvalue weighted by Crippen LogP contribution is -2.48. The third kappa shape index (κ3) is 4.26. The highest BCUT2D eigenvalue weighted by molar-refractivity contribution is 5.86. The Morgan fingerprint density at radius 2 is 2.00 bits per heavy atom. The van der Waals surface area contributed by atoms with Crippen LogP contribution in [0.1, 0.15) is 12.5 Å². The molecule has 0 heterocycles. The molecule has 0 aliphatic carbocycles. The molecular formula is C13H14N2O5. The van der Waals surface area contributed by atoms with Gasteiger partial charge in [0.25, 0.3) is 5.91 Å². The summed E-state index contributed by atoms with van der Waals surface area (Å²) in [7, 11) is 0. The van der Waals surface area contributed by atoms with Gasteiger partial charge in [-0.3, -0.25) is 4.79 Å². The van der Waals surface area contributed by atoms with Crippen molar-refractivity contribution in [3.05, 3.63) is 29.8 Å². The van der Waals surface area contributed by atoms with E-state index in [4.69, 9.17) is 20.2 Å². The molecule has 1 aromatic carbocycles. The van der Waals surface area contributed by atoms with Crippen molar-refractivity contribution in [2.45, 2.75) is 19.1 Å². The van der Waals surface area contributed by atoms with Gasteiger partial charge in [-0.15, -0.1) is 0 Å². The van der Waals surface area contributed by atoms with Gasteiger partial charge < -0.3 is 20.3 Å². The first kappa shape index (κ1) is 15.5. The van der Waals surface area contributed by atoms with Crippen molar-refractivity contribution in [1.29, 1.82) is 5.26 Å². The fraction of sp³-hybridized carbons (Fsp3) is 0.308. The summed E-state index contributed by atoms with van der Waals surface area (Å²) in [6.07, 6.45) is -0.934. The van der Waals surface area contributed by atoms with Crippen molar-refractivity contribution >= 4 is 11.9 Å². The van der Waals surface area contributed by atoms with E-state index in [1.54, 1.807) is 0 Å². The van der Waals surface area contributed by atoms with E-state index in [1.165, 1.54) is 31.2 Å². The van der Waals surface area contributed by atoms with Gasteiger partial charge in [0.15, 0.2) is 6.10 Å². The van der Waals surface area contributed by atoms with Crippen LogP contribution in [0.4, 0.5) is 0 Å². The number of carboxylic acid groups (broad SMARTS) is 1. The van der Waals surface area contributed by atoms with E-state index in [-0.39, 0.29) is 0 Å². The van der Waals surface area contributed by atoms with Crippen LogP contribution in [0.15, 0.2) is 24.3 Å². The summed E-state index contributed by atoms with van der Waals surface area (Å²) in [6.45, 7) is 0.745. The number of nitrogens with zero attached hydrogens (tertiary/aromatic N) is 1. The van der Waals surface area contributed by atoms with Crippen LogP contribution in [0.3, 0.4) is 0 Å². The third-order valence-electron chi connectivity index (χ3n) is 2.46. The summed E-state index contributed by atoms with van der Waals surface area (Å²) in [5.74, 6) is -1.61. The molecule has 1 rings (SSSR count). The number of aliphatic hydroxyl groups is 1. The number of amides is 1. The molecule has 0 aliphatic heterocycles. The van der Waals surface area contributed by atoms with E-state index in [0.717, 1.165) is 0 Å². The molecule has 20 heavy (non-hydrogen) atoms. The smallest absolute Gasteiger partial charge is 0.328 e. The fourth-order valence-corrected chi connectivity index (χ4v) is 1.34. The molecule has 3 N–H and O–H groups in total. The van der Waals surface area contributed by atoms with Crippen molar-refractivity contribution in [3.8, 4) is 11.8 Å². The molecule has 1 unspecified atom stereocenters. The Morgan fingerprint density at radius 1 is 1.40 bits per heavy atom. The number of hydrogen-bond acceptors (Lipinski definition) is 5. The zero-order valence-corrected chi connectivity index (χ0v) is 10.7. The molecule has 0 aliphatic rings. The van der Waals surface area contributed by atoms with Gasteiger partial charge in [0.2, 0.25) is 0 Å². The van der Waals surface area contributed by atoms with Gasteiger partial charge in [0.05, 0.1) is 18.2 Å². The van der Waals surface area contributed by atoms with Gasteiger partial charge in [0, 0.05) is 0 Å². The highest BCUT2D eigenvalue weighted by atomic mass is 16.5. The molecule has 106 valence electrons. The number of carbonyl (C=O) groups excluding carboxylic acids is 1. The van der Waals surface area contributed by atoms with E-state index in [0.29, 0.717) is 11.3 Å². The lowest BCUT2D eigenvalue weighted by Gasteiger charge is -2.17. The number of carbonyl (C=O) groups is 2. The number of ether oxygens (including phenoxy) is 1. The average molecular weight is 278 g/mol. The van der Waals surface area contributed by atoms with Crippen LogP contribution in [0.5, 0.6) is 5.75 Å². The standard InChI is InChI=1S/C13H14N2O5/c1-8(12(17)15-11(7-16)13(18)19)20-10-4-2-9(6-14)3-5-10/h2-5,8,11,16H,7H2,1H3,(H,15,17)(H,18,19)/t8?,11-/m1/s1. The Bertz CT molecular complexity index is 521. The average Bonchev–Trinajstić information content (AvgIpc) is 2.44. The number of carboxylic acids is 1. The number of nitrogens with one attached hydrogen (secondary N) is 1. The fourth-order valence-electron chi connectivity index (χ4n) is 1.34. The van der Waals surface area contributed by atoms with Crippen molar-refractivity contribution in [2.24, 2.45) is 0 Å². The van der Waals surface area contributed by atoms with Crippen LogP contribution in [0.2, 0.25) is 0 Å². The summed E-state index contributed by atoms with van der Waals surface area (Å²) < 4.78 is 5.30. The quantitative estimate of drug-likeness (QED) is 0.667. The van der Waals surface area contributed by atoms with Gasteiger partial charge in [-0.05, 0) is 31.2 Å². The zero-order chi connectivity index (χ0) is 15.1.